The Kier molecular flexibility index (Phi) is 15.1. The molecule has 2 atom stereocenters. The van der Waals surface area contributed by atoms with Crippen LogP contribution in [0, 0.1) is 5.41 Å². The first-order chi connectivity index (χ1) is 19.7. The van der Waals surface area contributed by atoms with Crippen molar-refractivity contribution in [2.24, 2.45) is 5.41 Å². The Morgan fingerprint density at radius 1 is 0.857 bits per heavy atom. The van der Waals surface area contributed by atoms with Gasteiger partial charge in [-0.2, -0.15) is 0 Å². The highest BCUT2D eigenvalue weighted by molar-refractivity contribution is 7.91. The Bertz CT molecular complexity index is 1160. The maximum Gasteiger partial charge on any atom is 0.179 e. The lowest BCUT2D eigenvalue weighted by atomic mass is 9.68. The van der Waals surface area contributed by atoms with Gasteiger partial charge in [-0.25, -0.2) is 8.42 Å². The molecule has 0 unspecified atom stereocenters. The molecule has 0 amide bonds. The monoisotopic (exact) mass is 624 g/mol. The van der Waals surface area contributed by atoms with Crippen molar-refractivity contribution in [2.45, 2.75) is 82.6 Å². The van der Waals surface area contributed by atoms with Crippen LogP contribution < -0.4 is 22.0 Å². The maximum atomic E-state index is 14.0. The smallest absolute Gasteiger partial charge is 0.179 e. The van der Waals surface area contributed by atoms with Crippen molar-refractivity contribution in [3.05, 3.63) is 53.6 Å². The van der Waals surface area contributed by atoms with E-state index in [4.69, 9.17) is 14.2 Å². The highest BCUT2D eigenvalue weighted by Gasteiger charge is 2.49. The Labute approximate surface area is 260 Å². The molecular weight excluding hydrogens is 574 g/mol. The quantitative estimate of drug-likeness (QED) is 0.271. The van der Waals surface area contributed by atoms with Crippen LogP contribution in [0.25, 0.3) is 0 Å². The van der Waals surface area contributed by atoms with Gasteiger partial charge in [0.1, 0.15) is 12.4 Å². The van der Waals surface area contributed by atoms with Gasteiger partial charge in [-0.1, -0.05) is 58.6 Å². The average molecular weight is 625 g/mol. The zero-order chi connectivity index (χ0) is 29.9. The van der Waals surface area contributed by atoms with Crippen molar-refractivity contribution >= 4 is 15.5 Å². The predicted octanol–water partition coefficient (Wildman–Crippen LogP) is 3.23. The molecule has 1 aliphatic rings. The van der Waals surface area contributed by atoms with E-state index in [1.54, 1.807) is 6.07 Å². The number of halogens is 1. The molecule has 238 valence electrons. The molecule has 1 N–H and O–H groups in total. The highest BCUT2D eigenvalue weighted by Crippen LogP contribution is 2.50. The molecule has 1 heterocycles. The molecule has 2 aromatic rings. The van der Waals surface area contributed by atoms with Crippen LogP contribution in [0.3, 0.4) is 0 Å². The fourth-order valence-corrected chi connectivity index (χ4v) is 8.04. The molecular formula is C33H51ClNO6S-. The summed E-state index contributed by atoms with van der Waals surface area (Å²) in [6.07, 6.45) is 5.16. The number of hydrogen-bond acceptors (Lipinski definition) is 7. The molecule has 0 fully saturated rings. The second-order valence-corrected chi connectivity index (χ2v) is 13.5. The van der Waals surface area contributed by atoms with Gasteiger partial charge in [0.2, 0.25) is 0 Å². The molecule has 3 rings (SSSR count). The second kappa shape index (κ2) is 17.5. The van der Waals surface area contributed by atoms with E-state index in [2.05, 4.69) is 20.8 Å². The first-order valence-corrected chi connectivity index (χ1v) is 16.9. The van der Waals surface area contributed by atoms with Gasteiger partial charge in [0.25, 0.3) is 0 Å². The van der Waals surface area contributed by atoms with E-state index < -0.39 is 27.3 Å². The highest BCUT2D eigenvalue weighted by atomic mass is 35.5. The third kappa shape index (κ3) is 9.33. The largest absolute Gasteiger partial charge is 1.00 e. The number of rotatable bonds is 17. The third-order valence-corrected chi connectivity index (χ3v) is 10.1. The summed E-state index contributed by atoms with van der Waals surface area (Å²) in [7, 11) is 0.265. The summed E-state index contributed by atoms with van der Waals surface area (Å²) < 4.78 is 44.9. The van der Waals surface area contributed by atoms with Gasteiger partial charge in [-0.05, 0) is 60.7 Å². The molecule has 0 saturated heterocycles. The minimum absolute atomic E-state index is 0. The normalized spacial score (nSPS) is 18.9. The lowest BCUT2D eigenvalue weighted by Gasteiger charge is -2.40. The van der Waals surface area contributed by atoms with Crippen molar-refractivity contribution in [3.63, 3.8) is 0 Å². The summed E-state index contributed by atoms with van der Waals surface area (Å²) >= 11 is 0. The van der Waals surface area contributed by atoms with E-state index in [0.29, 0.717) is 55.5 Å². The van der Waals surface area contributed by atoms with Crippen LogP contribution in [0.1, 0.15) is 82.8 Å². The zero-order valence-electron chi connectivity index (χ0n) is 26.1. The molecule has 0 aliphatic carbocycles. The molecule has 7 nitrogen and oxygen atoms in total. The number of fused-ring (bicyclic) bond motifs is 1. The molecule has 9 heteroatoms. The average Bonchev–Trinajstić information content (AvgIpc) is 3.03. The minimum Gasteiger partial charge on any atom is -1.00 e. The topological polar surface area (TPSA) is 85.3 Å². The standard InChI is InChI=1S/C33H51NO6S.ClH/c1-6-9-17-33(18-10-7-2)25-41(36,37)30-16-13-27(34(4)5)24-29(30)31(32(33)35)26-11-14-28(15-12-26)40-23-22-39-21-20-38-19-8-3;/h11-16,24,31-32,35H,6-10,17-23,25H2,1-5H3;1H/p-1/t31-,32-;/m1./s1. The Morgan fingerprint density at radius 3 is 2.02 bits per heavy atom. The Morgan fingerprint density at radius 2 is 1.45 bits per heavy atom. The van der Waals surface area contributed by atoms with E-state index in [1.807, 2.05) is 55.4 Å². The molecule has 0 bridgehead atoms. The van der Waals surface area contributed by atoms with Crippen molar-refractivity contribution < 1.29 is 40.1 Å². The fraction of sp³-hybridized carbons (Fsp3) is 0.636. The van der Waals surface area contributed by atoms with Crippen LogP contribution >= 0.6 is 0 Å². The van der Waals surface area contributed by atoms with Crippen LogP contribution in [0.4, 0.5) is 5.69 Å². The number of sulfone groups is 1. The summed E-state index contributed by atoms with van der Waals surface area (Å²) in [5, 5.41) is 12.3. The number of aliphatic hydroxyl groups excluding tert-OH is 1. The molecule has 42 heavy (non-hydrogen) atoms. The number of hydrogen-bond donors (Lipinski definition) is 1. The number of ether oxygens (including phenoxy) is 3. The Balaban J connectivity index is 0.00000616. The summed E-state index contributed by atoms with van der Waals surface area (Å²) in [4.78, 5) is 2.31. The number of anilines is 1. The molecule has 0 aromatic heterocycles. The number of aliphatic hydroxyl groups is 1. The van der Waals surface area contributed by atoms with Crippen molar-refractivity contribution in [1.29, 1.82) is 0 Å². The van der Waals surface area contributed by atoms with Crippen LogP contribution in [0.15, 0.2) is 47.4 Å². The van der Waals surface area contributed by atoms with Crippen LogP contribution in [-0.4, -0.2) is 72.5 Å². The van der Waals surface area contributed by atoms with Crippen LogP contribution in [0.5, 0.6) is 5.75 Å². The number of benzene rings is 2. The van der Waals surface area contributed by atoms with Gasteiger partial charge in [0.15, 0.2) is 9.84 Å². The van der Waals surface area contributed by atoms with E-state index in [-0.39, 0.29) is 18.2 Å². The predicted molar refractivity (Wildman–Crippen MR) is 166 cm³/mol. The summed E-state index contributed by atoms with van der Waals surface area (Å²) in [6.45, 7) is 9.06. The lowest BCUT2D eigenvalue weighted by molar-refractivity contribution is -0.0000166. The molecule has 0 saturated carbocycles. The molecule has 0 radical (unpaired) electrons. The summed E-state index contributed by atoms with van der Waals surface area (Å²) in [5.41, 5.74) is 1.75. The van der Waals surface area contributed by atoms with Gasteiger partial charge in [0.05, 0.1) is 36.6 Å². The van der Waals surface area contributed by atoms with Gasteiger partial charge >= 0.3 is 0 Å². The lowest BCUT2D eigenvalue weighted by Crippen LogP contribution is -3.00. The SMILES string of the molecule is CCCCC1(CCCC)CS(=O)(=O)c2ccc(N(C)C)cc2[C@@H](c2ccc(OCCOCCOCCC)cc2)[C@H]1O.[Cl-]. The van der Waals surface area contributed by atoms with E-state index in [0.717, 1.165) is 50.0 Å². The van der Waals surface area contributed by atoms with Gasteiger partial charge in [-0.15, -0.1) is 0 Å². The second-order valence-electron chi connectivity index (χ2n) is 11.5. The zero-order valence-corrected chi connectivity index (χ0v) is 27.7. The van der Waals surface area contributed by atoms with Gasteiger partial charge in [-0.3, -0.25) is 0 Å². The minimum atomic E-state index is -3.62. The fourth-order valence-electron chi connectivity index (χ4n) is 5.85. The van der Waals surface area contributed by atoms with E-state index in [1.165, 1.54) is 0 Å². The molecule has 1 aliphatic heterocycles. The van der Waals surface area contributed by atoms with Crippen molar-refractivity contribution in [2.75, 3.05) is 57.8 Å². The Hall–Kier alpha value is -1.84. The van der Waals surface area contributed by atoms with Gasteiger partial charge < -0.3 is 36.6 Å². The van der Waals surface area contributed by atoms with Crippen molar-refractivity contribution in [1.82, 2.24) is 0 Å². The van der Waals surface area contributed by atoms with Crippen LogP contribution in [0.2, 0.25) is 0 Å². The maximum absolute atomic E-state index is 14.0. The van der Waals surface area contributed by atoms with E-state index >= 15 is 0 Å². The van der Waals surface area contributed by atoms with Crippen LogP contribution in [-0.2, 0) is 19.3 Å². The van der Waals surface area contributed by atoms with E-state index in [9.17, 15) is 13.5 Å². The molecule has 0 spiro atoms. The summed E-state index contributed by atoms with van der Waals surface area (Å²) in [6, 6.07) is 13.3. The molecule has 2 aromatic carbocycles. The first-order valence-electron chi connectivity index (χ1n) is 15.3. The first kappa shape index (κ1) is 36.4. The number of nitrogens with zero attached hydrogens (tertiary/aromatic N) is 1. The van der Waals surface area contributed by atoms with Gasteiger partial charge in [0, 0.05) is 37.7 Å². The third-order valence-electron chi connectivity index (χ3n) is 8.11. The number of unbranched alkanes of at least 4 members (excludes halogenated alkanes) is 2. The summed E-state index contributed by atoms with van der Waals surface area (Å²) in [5.74, 6) is 0.202. The van der Waals surface area contributed by atoms with Crippen molar-refractivity contribution in [3.8, 4) is 5.75 Å².